The highest BCUT2D eigenvalue weighted by molar-refractivity contribution is 6.31. The van der Waals surface area contributed by atoms with Crippen molar-refractivity contribution < 1.29 is 9.21 Å². The number of anilines is 1. The Bertz CT molecular complexity index is 778. The molecule has 0 radical (unpaired) electrons. The zero-order valence-electron chi connectivity index (χ0n) is 13.6. The van der Waals surface area contributed by atoms with Crippen molar-refractivity contribution in [3.63, 3.8) is 0 Å². The van der Waals surface area contributed by atoms with Gasteiger partial charge < -0.3 is 4.42 Å². The highest BCUT2D eigenvalue weighted by Gasteiger charge is 2.51. The van der Waals surface area contributed by atoms with E-state index in [4.69, 9.17) is 16.0 Å². The highest BCUT2D eigenvalue weighted by Crippen LogP contribution is 2.61. The van der Waals surface area contributed by atoms with Crippen molar-refractivity contribution in [1.29, 1.82) is 0 Å². The number of nitrogens with zero attached hydrogens (tertiary/aromatic N) is 1. The van der Waals surface area contributed by atoms with E-state index in [1.807, 2.05) is 0 Å². The van der Waals surface area contributed by atoms with E-state index in [1.54, 1.807) is 18.2 Å². The van der Waals surface area contributed by atoms with E-state index < -0.39 is 0 Å². The van der Waals surface area contributed by atoms with Gasteiger partial charge in [0.25, 0.3) is 0 Å². The Labute approximate surface area is 146 Å². The van der Waals surface area contributed by atoms with Crippen LogP contribution in [0.4, 0.5) is 6.01 Å². The van der Waals surface area contributed by atoms with E-state index in [0.717, 1.165) is 17.8 Å². The molecule has 126 valence electrons. The SMILES string of the molecule is O=C(CC12CC3CC(CC(C3)C1)C2)Nc1nc2cc(Cl)ccc2o1. The molecule has 1 aromatic carbocycles. The third-order valence-corrected chi connectivity index (χ3v) is 6.53. The molecule has 0 atom stereocenters. The maximum absolute atomic E-state index is 12.6. The molecular formula is C19H21ClN2O2. The lowest BCUT2D eigenvalue weighted by Crippen LogP contribution is -2.47. The number of hydrogen-bond acceptors (Lipinski definition) is 3. The van der Waals surface area contributed by atoms with Gasteiger partial charge in [-0.25, -0.2) is 0 Å². The summed E-state index contributed by atoms with van der Waals surface area (Å²) in [5.74, 6) is 2.61. The van der Waals surface area contributed by atoms with E-state index in [2.05, 4.69) is 10.3 Å². The lowest BCUT2D eigenvalue weighted by molar-refractivity contribution is -0.124. The number of fused-ring (bicyclic) bond motifs is 1. The largest absolute Gasteiger partial charge is 0.423 e. The first kappa shape index (κ1) is 14.8. The molecule has 4 aliphatic carbocycles. The monoisotopic (exact) mass is 344 g/mol. The van der Waals surface area contributed by atoms with Crippen molar-refractivity contribution in [2.45, 2.75) is 44.9 Å². The van der Waals surface area contributed by atoms with Gasteiger partial charge in [-0.1, -0.05) is 11.6 Å². The molecule has 5 heteroatoms. The zero-order valence-corrected chi connectivity index (χ0v) is 14.3. The molecule has 1 heterocycles. The molecule has 6 rings (SSSR count). The van der Waals surface area contributed by atoms with Crippen LogP contribution < -0.4 is 5.32 Å². The predicted octanol–water partition coefficient (Wildman–Crippen LogP) is 5.03. The minimum Gasteiger partial charge on any atom is -0.423 e. The smallest absolute Gasteiger partial charge is 0.302 e. The number of halogens is 1. The van der Waals surface area contributed by atoms with Crippen molar-refractivity contribution in [1.82, 2.24) is 4.98 Å². The van der Waals surface area contributed by atoms with E-state index >= 15 is 0 Å². The molecule has 24 heavy (non-hydrogen) atoms. The molecule has 2 aromatic rings. The van der Waals surface area contributed by atoms with Gasteiger partial charge in [0, 0.05) is 11.4 Å². The molecule has 1 N–H and O–H groups in total. The number of carbonyl (C=O) groups is 1. The van der Waals surface area contributed by atoms with Crippen molar-refractivity contribution >= 4 is 34.6 Å². The molecule has 0 spiro atoms. The van der Waals surface area contributed by atoms with Gasteiger partial charge in [-0.3, -0.25) is 10.1 Å². The van der Waals surface area contributed by atoms with Crippen molar-refractivity contribution in [2.24, 2.45) is 23.2 Å². The van der Waals surface area contributed by atoms with Gasteiger partial charge >= 0.3 is 6.01 Å². The Morgan fingerprint density at radius 2 is 1.88 bits per heavy atom. The summed E-state index contributed by atoms with van der Waals surface area (Å²) in [7, 11) is 0. The average molecular weight is 345 g/mol. The Kier molecular flexibility index (Phi) is 3.21. The van der Waals surface area contributed by atoms with E-state index in [-0.39, 0.29) is 17.3 Å². The van der Waals surface area contributed by atoms with Gasteiger partial charge in [0.2, 0.25) is 5.91 Å². The van der Waals surface area contributed by atoms with Crippen LogP contribution in [0.5, 0.6) is 0 Å². The van der Waals surface area contributed by atoms with Crippen LogP contribution in [0.2, 0.25) is 5.02 Å². The first-order valence-electron chi connectivity index (χ1n) is 8.93. The normalized spacial score (nSPS) is 34.0. The third kappa shape index (κ3) is 2.52. The summed E-state index contributed by atoms with van der Waals surface area (Å²) in [6.45, 7) is 0. The number of aromatic nitrogens is 1. The summed E-state index contributed by atoms with van der Waals surface area (Å²) in [5.41, 5.74) is 1.55. The van der Waals surface area contributed by atoms with Crippen LogP contribution in [0.25, 0.3) is 11.1 Å². The lowest BCUT2D eigenvalue weighted by Gasteiger charge is -2.56. The Hall–Kier alpha value is -1.55. The van der Waals surface area contributed by atoms with E-state index in [9.17, 15) is 4.79 Å². The second-order valence-corrected chi connectivity index (χ2v) is 8.71. The summed E-state index contributed by atoms with van der Waals surface area (Å²) < 4.78 is 5.61. The van der Waals surface area contributed by atoms with Gasteiger partial charge in [0.15, 0.2) is 5.58 Å². The van der Waals surface area contributed by atoms with Crippen molar-refractivity contribution in [3.8, 4) is 0 Å². The Morgan fingerprint density at radius 3 is 2.54 bits per heavy atom. The molecule has 4 saturated carbocycles. The van der Waals surface area contributed by atoms with Gasteiger partial charge in [-0.05, 0) is 79.9 Å². The second kappa shape index (κ2) is 5.22. The molecule has 0 saturated heterocycles. The van der Waals surface area contributed by atoms with Crippen LogP contribution in [-0.2, 0) is 4.79 Å². The van der Waals surface area contributed by atoms with Crippen LogP contribution in [-0.4, -0.2) is 10.9 Å². The number of benzene rings is 1. The standard InChI is InChI=1S/C19H21ClN2O2/c20-14-1-2-16-15(6-14)21-18(24-16)22-17(23)10-19-7-11-3-12(8-19)5-13(4-11)9-19/h1-2,6,11-13H,3-5,7-10H2,(H,21,22,23). The van der Waals surface area contributed by atoms with Gasteiger partial charge in [0.1, 0.15) is 5.52 Å². The minimum absolute atomic E-state index is 0.0367. The van der Waals surface area contributed by atoms with Crippen molar-refractivity contribution in [2.75, 3.05) is 5.32 Å². The van der Waals surface area contributed by atoms with Crippen LogP contribution in [0, 0.1) is 23.2 Å². The highest BCUT2D eigenvalue weighted by atomic mass is 35.5. The summed E-state index contributed by atoms with van der Waals surface area (Å²) in [6, 6.07) is 5.56. The number of rotatable bonds is 3. The molecule has 4 fully saturated rings. The lowest BCUT2D eigenvalue weighted by atomic mass is 9.49. The molecule has 4 nitrogen and oxygen atoms in total. The van der Waals surface area contributed by atoms with Crippen LogP contribution >= 0.6 is 11.6 Å². The number of amides is 1. The van der Waals surface area contributed by atoms with Gasteiger partial charge in [-0.15, -0.1) is 0 Å². The molecule has 1 aromatic heterocycles. The number of oxazole rings is 1. The summed E-state index contributed by atoms with van der Waals surface area (Å²) in [5, 5.41) is 3.48. The maximum Gasteiger partial charge on any atom is 0.302 e. The Balaban J connectivity index is 1.31. The van der Waals surface area contributed by atoms with Gasteiger partial charge in [0.05, 0.1) is 0 Å². The number of carbonyl (C=O) groups excluding carboxylic acids is 1. The molecule has 1 amide bonds. The molecule has 4 bridgehead atoms. The third-order valence-electron chi connectivity index (χ3n) is 6.30. The first-order valence-corrected chi connectivity index (χ1v) is 9.31. The average Bonchev–Trinajstić information content (AvgIpc) is 2.85. The molecule has 0 unspecified atom stereocenters. The summed E-state index contributed by atoms with van der Waals surface area (Å²) in [4.78, 5) is 16.9. The molecular weight excluding hydrogens is 324 g/mol. The summed E-state index contributed by atoms with van der Waals surface area (Å²) in [6.07, 6.45) is 8.49. The van der Waals surface area contributed by atoms with Crippen LogP contribution in [0.15, 0.2) is 22.6 Å². The number of nitrogens with one attached hydrogen (secondary N) is 1. The van der Waals surface area contributed by atoms with E-state index in [1.165, 1.54) is 38.5 Å². The quantitative estimate of drug-likeness (QED) is 0.849. The minimum atomic E-state index is 0.0367. The number of hydrogen-bond donors (Lipinski definition) is 1. The molecule has 4 aliphatic rings. The van der Waals surface area contributed by atoms with Gasteiger partial charge in [-0.2, -0.15) is 4.98 Å². The Morgan fingerprint density at radius 1 is 1.21 bits per heavy atom. The fraction of sp³-hybridized carbons (Fsp3) is 0.579. The van der Waals surface area contributed by atoms with E-state index in [0.29, 0.717) is 22.5 Å². The van der Waals surface area contributed by atoms with Crippen molar-refractivity contribution in [3.05, 3.63) is 23.2 Å². The topological polar surface area (TPSA) is 55.1 Å². The second-order valence-electron chi connectivity index (χ2n) is 8.27. The van der Waals surface area contributed by atoms with Crippen LogP contribution in [0.3, 0.4) is 0 Å². The fourth-order valence-corrected chi connectivity index (χ4v) is 6.13. The van der Waals surface area contributed by atoms with Crippen LogP contribution in [0.1, 0.15) is 44.9 Å². The fourth-order valence-electron chi connectivity index (χ4n) is 5.96. The first-order chi connectivity index (χ1) is 11.6. The molecule has 0 aliphatic heterocycles. The summed E-state index contributed by atoms with van der Waals surface area (Å²) >= 11 is 5.97. The zero-order chi connectivity index (χ0) is 16.3. The maximum atomic E-state index is 12.6. The predicted molar refractivity (Wildman–Crippen MR) is 92.9 cm³/mol.